The van der Waals surface area contributed by atoms with Crippen LogP contribution in [0.25, 0.3) is 0 Å². The van der Waals surface area contributed by atoms with Gasteiger partial charge in [-0.1, -0.05) is 18.6 Å². The summed E-state index contributed by atoms with van der Waals surface area (Å²) in [5.41, 5.74) is 1.03. The number of nitrogens with one attached hydrogen (secondary N) is 2. The van der Waals surface area contributed by atoms with Gasteiger partial charge in [0.2, 0.25) is 5.91 Å². The summed E-state index contributed by atoms with van der Waals surface area (Å²) in [7, 11) is 3.48. The number of carbonyl (C=O) groups excluding carboxylic acids is 1. The maximum Gasteiger partial charge on any atom is 0.243 e. The lowest BCUT2D eigenvalue weighted by Gasteiger charge is -2.33. The average Bonchev–Trinajstić information content (AvgIpc) is 2.54. The summed E-state index contributed by atoms with van der Waals surface area (Å²) in [6.45, 7) is 12.2. The van der Waals surface area contributed by atoms with Crippen molar-refractivity contribution >= 4 is 11.9 Å². The molecular formula is C18H35N5O. The molecule has 1 amide bonds. The van der Waals surface area contributed by atoms with Gasteiger partial charge in [-0.05, 0) is 39.7 Å². The van der Waals surface area contributed by atoms with E-state index in [-0.39, 0.29) is 12.5 Å². The Morgan fingerprint density at radius 3 is 2.71 bits per heavy atom. The minimum Gasteiger partial charge on any atom is -0.356 e. The van der Waals surface area contributed by atoms with Crippen LogP contribution < -0.4 is 10.6 Å². The average molecular weight is 338 g/mol. The number of rotatable bonds is 8. The van der Waals surface area contributed by atoms with Gasteiger partial charge >= 0.3 is 0 Å². The minimum absolute atomic E-state index is 0.00596. The normalized spacial score (nSPS) is 19.0. The van der Waals surface area contributed by atoms with E-state index in [1.807, 2.05) is 6.92 Å². The zero-order valence-electron chi connectivity index (χ0n) is 15.9. The summed E-state index contributed by atoms with van der Waals surface area (Å²) in [6, 6.07) is 0.700. The van der Waals surface area contributed by atoms with Crippen molar-refractivity contribution < 1.29 is 4.79 Å². The van der Waals surface area contributed by atoms with Crippen molar-refractivity contribution in [1.29, 1.82) is 0 Å². The highest BCUT2D eigenvalue weighted by Crippen LogP contribution is 2.15. The Balaban J connectivity index is 2.38. The van der Waals surface area contributed by atoms with Gasteiger partial charge in [0.05, 0.1) is 0 Å². The standard InChI is InChI=1S/C18H35N5O/c1-15(2)13-20-18(21-14-17(24)22(4)5)19-10-8-12-23-11-7-6-9-16(23)3/h16H,1,6-14H2,2-5H3,(H2,19,20,21). The number of hydrogen-bond donors (Lipinski definition) is 2. The minimum atomic E-state index is -0.00596. The monoisotopic (exact) mass is 337 g/mol. The lowest BCUT2D eigenvalue weighted by molar-refractivity contribution is -0.127. The molecule has 0 saturated carbocycles. The number of guanidine groups is 1. The van der Waals surface area contributed by atoms with Gasteiger partial charge in [-0.15, -0.1) is 0 Å². The molecule has 2 N–H and O–H groups in total. The molecule has 1 aliphatic rings. The van der Waals surface area contributed by atoms with Crippen LogP contribution in [0.3, 0.4) is 0 Å². The van der Waals surface area contributed by atoms with E-state index in [1.54, 1.807) is 19.0 Å². The Kier molecular flexibility index (Phi) is 9.45. The van der Waals surface area contributed by atoms with Crippen LogP contribution in [-0.2, 0) is 4.79 Å². The Bertz CT molecular complexity index is 433. The fourth-order valence-electron chi connectivity index (χ4n) is 2.68. The molecule has 6 nitrogen and oxygen atoms in total. The van der Waals surface area contributed by atoms with Gasteiger partial charge < -0.3 is 20.4 Å². The van der Waals surface area contributed by atoms with Crippen LogP contribution in [0.2, 0.25) is 0 Å². The molecule has 1 rings (SSSR count). The number of likely N-dealkylation sites (N-methyl/N-ethyl adjacent to an activating group) is 1. The first kappa shape index (κ1) is 20.5. The maximum absolute atomic E-state index is 11.7. The largest absolute Gasteiger partial charge is 0.356 e. The summed E-state index contributed by atoms with van der Waals surface area (Å²) in [5.74, 6) is 0.674. The van der Waals surface area contributed by atoms with Gasteiger partial charge in [-0.2, -0.15) is 0 Å². The second-order valence-corrected chi connectivity index (χ2v) is 6.92. The number of carbonyl (C=O) groups is 1. The SMILES string of the molecule is C=C(C)CNC(=NCC(=O)N(C)C)NCCCN1CCCCC1C. The third kappa shape index (κ3) is 8.34. The van der Waals surface area contributed by atoms with Gasteiger partial charge in [-0.25, -0.2) is 4.99 Å². The zero-order valence-corrected chi connectivity index (χ0v) is 15.9. The summed E-state index contributed by atoms with van der Waals surface area (Å²) in [4.78, 5) is 20.2. The Morgan fingerprint density at radius 1 is 1.33 bits per heavy atom. The fraction of sp³-hybridized carbons (Fsp3) is 0.778. The molecule has 1 aliphatic heterocycles. The molecule has 0 spiro atoms. The molecule has 6 heteroatoms. The highest BCUT2D eigenvalue weighted by Gasteiger charge is 2.17. The molecule has 0 aromatic carbocycles. The highest BCUT2D eigenvalue weighted by molar-refractivity contribution is 5.84. The predicted molar refractivity (Wildman–Crippen MR) is 101 cm³/mol. The van der Waals surface area contributed by atoms with E-state index in [0.717, 1.165) is 25.1 Å². The van der Waals surface area contributed by atoms with Crippen LogP contribution in [0.5, 0.6) is 0 Å². The molecular weight excluding hydrogens is 302 g/mol. The third-order valence-corrected chi connectivity index (χ3v) is 4.28. The van der Waals surface area contributed by atoms with E-state index in [1.165, 1.54) is 25.8 Å². The molecule has 0 aliphatic carbocycles. The molecule has 1 fully saturated rings. The Labute approximate surface area is 147 Å². The molecule has 1 atom stereocenters. The number of nitrogens with zero attached hydrogens (tertiary/aromatic N) is 3. The van der Waals surface area contributed by atoms with Crippen LogP contribution in [-0.4, -0.2) is 74.5 Å². The van der Waals surface area contributed by atoms with E-state index >= 15 is 0 Å². The molecule has 1 saturated heterocycles. The Morgan fingerprint density at radius 2 is 2.08 bits per heavy atom. The van der Waals surface area contributed by atoms with Gasteiger partial charge in [0, 0.05) is 39.8 Å². The smallest absolute Gasteiger partial charge is 0.243 e. The van der Waals surface area contributed by atoms with E-state index in [2.05, 4.69) is 34.0 Å². The molecule has 138 valence electrons. The van der Waals surface area contributed by atoms with Gasteiger partial charge in [-0.3, -0.25) is 4.79 Å². The van der Waals surface area contributed by atoms with Crippen LogP contribution >= 0.6 is 0 Å². The topological polar surface area (TPSA) is 60.0 Å². The predicted octanol–water partition coefficient (Wildman–Crippen LogP) is 1.45. The van der Waals surface area contributed by atoms with Crippen molar-refractivity contribution in [3.05, 3.63) is 12.2 Å². The van der Waals surface area contributed by atoms with E-state index in [0.29, 0.717) is 18.5 Å². The lowest BCUT2D eigenvalue weighted by Crippen LogP contribution is -2.42. The quantitative estimate of drug-likeness (QED) is 0.305. The van der Waals surface area contributed by atoms with E-state index in [9.17, 15) is 4.79 Å². The van der Waals surface area contributed by atoms with Crippen molar-refractivity contribution in [2.24, 2.45) is 4.99 Å². The van der Waals surface area contributed by atoms with Crippen LogP contribution in [0.4, 0.5) is 0 Å². The molecule has 0 bridgehead atoms. The summed E-state index contributed by atoms with van der Waals surface area (Å²) in [5, 5.41) is 6.54. The Hall–Kier alpha value is -1.56. The van der Waals surface area contributed by atoms with Gasteiger partial charge in [0.1, 0.15) is 6.54 Å². The summed E-state index contributed by atoms with van der Waals surface area (Å²) in [6.07, 6.45) is 5.06. The molecule has 1 heterocycles. The lowest BCUT2D eigenvalue weighted by atomic mass is 10.0. The fourth-order valence-corrected chi connectivity index (χ4v) is 2.68. The molecule has 24 heavy (non-hydrogen) atoms. The van der Waals surface area contributed by atoms with E-state index < -0.39 is 0 Å². The van der Waals surface area contributed by atoms with Crippen LogP contribution in [0, 0.1) is 0 Å². The number of piperidine rings is 1. The van der Waals surface area contributed by atoms with Crippen molar-refractivity contribution in [2.75, 3.05) is 46.8 Å². The number of aliphatic imine (C=N–C) groups is 1. The molecule has 0 radical (unpaired) electrons. The molecule has 0 aromatic heterocycles. The van der Waals surface area contributed by atoms with Crippen LogP contribution in [0.15, 0.2) is 17.1 Å². The van der Waals surface area contributed by atoms with Crippen LogP contribution in [0.1, 0.15) is 39.5 Å². The summed E-state index contributed by atoms with van der Waals surface area (Å²) < 4.78 is 0. The first-order valence-electron chi connectivity index (χ1n) is 9.01. The van der Waals surface area contributed by atoms with Crippen molar-refractivity contribution in [2.45, 2.75) is 45.6 Å². The van der Waals surface area contributed by atoms with Crippen molar-refractivity contribution in [1.82, 2.24) is 20.4 Å². The summed E-state index contributed by atoms with van der Waals surface area (Å²) >= 11 is 0. The number of hydrogen-bond acceptors (Lipinski definition) is 3. The maximum atomic E-state index is 11.7. The van der Waals surface area contributed by atoms with Gasteiger partial charge in [0.15, 0.2) is 5.96 Å². The van der Waals surface area contributed by atoms with E-state index in [4.69, 9.17) is 0 Å². The number of amides is 1. The van der Waals surface area contributed by atoms with Gasteiger partial charge in [0.25, 0.3) is 0 Å². The second kappa shape index (κ2) is 11.1. The molecule has 0 aromatic rings. The van der Waals surface area contributed by atoms with Crippen molar-refractivity contribution in [3.8, 4) is 0 Å². The highest BCUT2D eigenvalue weighted by atomic mass is 16.2. The second-order valence-electron chi connectivity index (χ2n) is 6.92. The number of likely N-dealkylation sites (tertiary alicyclic amines) is 1. The third-order valence-electron chi connectivity index (χ3n) is 4.28. The zero-order chi connectivity index (χ0) is 17.9. The molecule has 1 unspecified atom stereocenters. The van der Waals surface area contributed by atoms with Crippen molar-refractivity contribution in [3.63, 3.8) is 0 Å². The first-order chi connectivity index (χ1) is 11.4. The first-order valence-corrected chi connectivity index (χ1v) is 9.01.